The van der Waals surface area contributed by atoms with Crippen molar-refractivity contribution < 1.29 is 12.8 Å². The van der Waals surface area contributed by atoms with Crippen LogP contribution < -0.4 is 5.73 Å². The number of hydrogen-bond donors (Lipinski definition) is 1. The highest BCUT2D eigenvalue weighted by Crippen LogP contribution is 2.28. The van der Waals surface area contributed by atoms with E-state index in [1.807, 2.05) is 0 Å². The zero-order valence-electron chi connectivity index (χ0n) is 9.64. The Balaban J connectivity index is 2.42. The number of nitrogens with zero attached hydrogens (tertiary/aromatic N) is 1. The third-order valence-electron chi connectivity index (χ3n) is 3.08. The van der Waals surface area contributed by atoms with E-state index in [1.165, 1.54) is 16.4 Å². The molecule has 1 saturated heterocycles. The van der Waals surface area contributed by atoms with Crippen molar-refractivity contribution in [2.45, 2.75) is 23.8 Å². The summed E-state index contributed by atoms with van der Waals surface area (Å²) < 4.78 is 39.6. The summed E-state index contributed by atoms with van der Waals surface area (Å²) in [5, 5.41) is 0.170. The Kier molecular flexibility index (Phi) is 3.91. The highest BCUT2D eigenvalue weighted by Gasteiger charge is 2.35. The largest absolute Gasteiger partial charge is 0.329 e. The summed E-state index contributed by atoms with van der Waals surface area (Å²) >= 11 is 5.61. The van der Waals surface area contributed by atoms with Crippen LogP contribution in [-0.2, 0) is 10.0 Å². The molecule has 0 saturated carbocycles. The summed E-state index contributed by atoms with van der Waals surface area (Å²) in [7, 11) is -3.83. The molecule has 1 unspecified atom stereocenters. The van der Waals surface area contributed by atoms with Crippen molar-refractivity contribution in [2.24, 2.45) is 5.73 Å². The lowest BCUT2D eigenvalue weighted by molar-refractivity contribution is 0.390. The number of rotatable bonds is 3. The Hall–Kier alpha value is -0.690. The van der Waals surface area contributed by atoms with Gasteiger partial charge in [0.15, 0.2) is 0 Å². The molecule has 1 fully saturated rings. The maximum atomic E-state index is 13.7. The number of halogens is 2. The lowest BCUT2D eigenvalue weighted by Gasteiger charge is -2.23. The van der Waals surface area contributed by atoms with Crippen LogP contribution in [0.5, 0.6) is 0 Å². The quantitative estimate of drug-likeness (QED) is 0.920. The van der Waals surface area contributed by atoms with Gasteiger partial charge in [-0.05, 0) is 31.0 Å². The minimum Gasteiger partial charge on any atom is -0.329 e. The molecule has 1 aliphatic heterocycles. The van der Waals surface area contributed by atoms with Crippen LogP contribution in [0.25, 0.3) is 0 Å². The van der Waals surface area contributed by atoms with Gasteiger partial charge in [0.05, 0.1) is 0 Å². The van der Waals surface area contributed by atoms with Gasteiger partial charge in [-0.25, -0.2) is 12.8 Å². The fourth-order valence-electron chi connectivity index (χ4n) is 2.17. The molecule has 7 heteroatoms. The maximum absolute atomic E-state index is 13.7. The SMILES string of the molecule is NCC1CCCN1S(=O)(=O)c1ccc(Cl)cc1F. The monoisotopic (exact) mass is 292 g/mol. The Morgan fingerprint density at radius 1 is 1.50 bits per heavy atom. The Bertz CT molecular complexity index is 550. The van der Waals surface area contributed by atoms with Gasteiger partial charge in [-0.1, -0.05) is 11.6 Å². The van der Waals surface area contributed by atoms with Crippen molar-refractivity contribution in [3.8, 4) is 0 Å². The van der Waals surface area contributed by atoms with Gasteiger partial charge in [0, 0.05) is 24.2 Å². The molecule has 0 radical (unpaired) electrons. The van der Waals surface area contributed by atoms with Gasteiger partial charge in [-0.2, -0.15) is 4.31 Å². The van der Waals surface area contributed by atoms with Gasteiger partial charge in [-0.15, -0.1) is 0 Å². The summed E-state index contributed by atoms with van der Waals surface area (Å²) in [6.45, 7) is 0.626. The lowest BCUT2D eigenvalue weighted by atomic mass is 10.2. The van der Waals surface area contributed by atoms with Gasteiger partial charge in [0.1, 0.15) is 10.7 Å². The highest BCUT2D eigenvalue weighted by molar-refractivity contribution is 7.89. The average molecular weight is 293 g/mol. The van der Waals surface area contributed by atoms with Crippen molar-refractivity contribution in [1.29, 1.82) is 0 Å². The van der Waals surface area contributed by atoms with E-state index in [9.17, 15) is 12.8 Å². The molecule has 1 atom stereocenters. The van der Waals surface area contributed by atoms with Crippen molar-refractivity contribution in [3.05, 3.63) is 29.0 Å². The number of hydrogen-bond acceptors (Lipinski definition) is 3. The van der Waals surface area contributed by atoms with Gasteiger partial charge in [-0.3, -0.25) is 0 Å². The molecule has 1 aromatic rings. The molecule has 2 rings (SSSR count). The van der Waals surface area contributed by atoms with Crippen molar-refractivity contribution in [2.75, 3.05) is 13.1 Å². The molecule has 0 amide bonds. The van der Waals surface area contributed by atoms with E-state index in [1.54, 1.807) is 0 Å². The minimum atomic E-state index is -3.83. The van der Waals surface area contributed by atoms with Gasteiger partial charge in [0.25, 0.3) is 0 Å². The molecule has 18 heavy (non-hydrogen) atoms. The number of nitrogens with two attached hydrogens (primary N) is 1. The third kappa shape index (κ3) is 2.38. The predicted molar refractivity (Wildman–Crippen MR) is 67.4 cm³/mol. The van der Waals surface area contributed by atoms with Crippen LogP contribution >= 0.6 is 11.6 Å². The standard InChI is InChI=1S/C11H14ClFN2O2S/c12-8-3-4-11(10(13)6-8)18(16,17)15-5-1-2-9(15)7-14/h3-4,6,9H,1-2,5,7,14H2. The van der Waals surface area contributed by atoms with Gasteiger partial charge < -0.3 is 5.73 Å². The van der Waals surface area contributed by atoms with Crippen molar-refractivity contribution in [1.82, 2.24) is 4.31 Å². The van der Waals surface area contributed by atoms with Crippen LogP contribution in [0.4, 0.5) is 4.39 Å². The molecule has 1 heterocycles. The second-order valence-electron chi connectivity index (χ2n) is 4.22. The van der Waals surface area contributed by atoms with Crippen LogP contribution in [0.3, 0.4) is 0 Å². The molecule has 4 nitrogen and oxygen atoms in total. The molecule has 100 valence electrons. The Morgan fingerprint density at radius 2 is 2.22 bits per heavy atom. The zero-order valence-corrected chi connectivity index (χ0v) is 11.2. The summed E-state index contributed by atoms with van der Waals surface area (Å²) in [4.78, 5) is -0.341. The Labute approximate surface area is 111 Å². The summed E-state index contributed by atoms with van der Waals surface area (Å²) in [6.07, 6.45) is 1.46. The summed E-state index contributed by atoms with van der Waals surface area (Å²) in [5.74, 6) is -0.829. The maximum Gasteiger partial charge on any atom is 0.246 e. The third-order valence-corrected chi connectivity index (χ3v) is 5.30. The first-order chi connectivity index (χ1) is 8.46. The molecule has 2 N–H and O–H groups in total. The molecule has 0 aliphatic carbocycles. The molecular weight excluding hydrogens is 279 g/mol. The molecular formula is C11H14ClFN2O2S. The van der Waals surface area contributed by atoms with E-state index in [4.69, 9.17) is 17.3 Å². The van der Waals surface area contributed by atoms with E-state index in [0.29, 0.717) is 13.0 Å². The first-order valence-electron chi connectivity index (χ1n) is 5.64. The molecule has 0 aromatic heterocycles. The van der Waals surface area contributed by atoms with Crippen LogP contribution in [0.1, 0.15) is 12.8 Å². The van der Waals surface area contributed by atoms with E-state index in [2.05, 4.69) is 0 Å². The summed E-state index contributed by atoms with van der Waals surface area (Å²) in [5.41, 5.74) is 5.54. The van der Waals surface area contributed by atoms with Crippen LogP contribution in [0, 0.1) is 5.82 Å². The zero-order chi connectivity index (χ0) is 13.3. The lowest BCUT2D eigenvalue weighted by Crippen LogP contribution is -2.40. The average Bonchev–Trinajstić information content (AvgIpc) is 2.76. The second kappa shape index (κ2) is 5.13. The van der Waals surface area contributed by atoms with Gasteiger partial charge in [0.2, 0.25) is 10.0 Å². The van der Waals surface area contributed by atoms with Gasteiger partial charge >= 0.3 is 0 Å². The topological polar surface area (TPSA) is 63.4 Å². The van der Waals surface area contributed by atoms with Crippen LogP contribution in [0.15, 0.2) is 23.1 Å². The first-order valence-corrected chi connectivity index (χ1v) is 7.45. The molecule has 0 bridgehead atoms. The normalized spacial score (nSPS) is 21.4. The van der Waals surface area contributed by atoms with Crippen LogP contribution in [-0.4, -0.2) is 31.9 Å². The number of sulfonamides is 1. The molecule has 1 aromatic carbocycles. The van der Waals surface area contributed by atoms with E-state index >= 15 is 0 Å². The van der Waals surface area contributed by atoms with Crippen molar-refractivity contribution >= 4 is 21.6 Å². The fourth-order valence-corrected chi connectivity index (χ4v) is 4.08. The molecule has 1 aliphatic rings. The van der Waals surface area contributed by atoms with E-state index in [-0.39, 0.29) is 22.5 Å². The number of benzene rings is 1. The first kappa shape index (κ1) is 13.7. The van der Waals surface area contributed by atoms with Crippen molar-refractivity contribution in [3.63, 3.8) is 0 Å². The smallest absolute Gasteiger partial charge is 0.246 e. The second-order valence-corrected chi connectivity index (χ2v) is 6.52. The van der Waals surface area contributed by atoms with E-state index < -0.39 is 15.8 Å². The Morgan fingerprint density at radius 3 is 2.83 bits per heavy atom. The van der Waals surface area contributed by atoms with Crippen LogP contribution in [0.2, 0.25) is 5.02 Å². The van der Waals surface area contributed by atoms with E-state index in [0.717, 1.165) is 12.5 Å². The highest BCUT2D eigenvalue weighted by atomic mass is 35.5. The summed E-state index contributed by atoms with van der Waals surface area (Å²) in [6, 6.07) is 3.32. The minimum absolute atomic E-state index is 0.170. The fraction of sp³-hybridized carbons (Fsp3) is 0.455. The molecule has 0 spiro atoms. The predicted octanol–water partition coefficient (Wildman–Crippen LogP) is 1.59.